The Balaban J connectivity index is 2.04. The molecule has 0 aliphatic heterocycles. The number of rotatable bonds is 5. The fraction of sp³-hybridized carbons (Fsp3) is 0.385. The van der Waals surface area contributed by atoms with E-state index in [1.807, 2.05) is 23.8 Å². The van der Waals surface area contributed by atoms with Crippen molar-refractivity contribution in [1.29, 1.82) is 0 Å². The third kappa shape index (κ3) is 2.83. The first-order valence-corrected chi connectivity index (χ1v) is 7.28. The molecule has 6 nitrogen and oxygen atoms in total. The lowest BCUT2D eigenvalue weighted by Crippen LogP contribution is -2.30. The number of nitrogens with zero attached hydrogens (tertiary/aromatic N) is 2. The van der Waals surface area contributed by atoms with E-state index in [4.69, 9.17) is 5.73 Å². The van der Waals surface area contributed by atoms with Gasteiger partial charge in [0.1, 0.15) is 5.69 Å². The number of carbonyl (C=O) groups is 1. The summed E-state index contributed by atoms with van der Waals surface area (Å²) >= 11 is 1.50. The summed E-state index contributed by atoms with van der Waals surface area (Å²) in [5, 5.41) is 20.5. The lowest BCUT2D eigenvalue weighted by molar-refractivity contribution is 0.0908. The topological polar surface area (TPSA) is 93.2 Å². The molecule has 0 aliphatic rings. The van der Waals surface area contributed by atoms with E-state index in [-0.39, 0.29) is 12.5 Å². The first kappa shape index (κ1) is 14.5. The van der Waals surface area contributed by atoms with Crippen molar-refractivity contribution in [2.75, 3.05) is 12.3 Å². The van der Waals surface area contributed by atoms with Crippen LogP contribution in [0.4, 0.5) is 5.69 Å². The molecule has 108 valence electrons. The monoisotopic (exact) mass is 294 g/mol. The number of nitrogens with two attached hydrogens (primary N) is 1. The molecule has 2 rings (SSSR count). The van der Waals surface area contributed by atoms with Crippen LogP contribution in [0.25, 0.3) is 0 Å². The van der Waals surface area contributed by atoms with Crippen LogP contribution in [0.1, 0.15) is 34.8 Å². The summed E-state index contributed by atoms with van der Waals surface area (Å²) in [6.45, 7) is 2.07. The van der Waals surface area contributed by atoms with Gasteiger partial charge >= 0.3 is 0 Å². The highest BCUT2D eigenvalue weighted by Gasteiger charge is 2.19. The maximum Gasteiger partial charge on any atom is 0.271 e. The molecule has 0 fully saturated rings. The van der Waals surface area contributed by atoms with E-state index in [9.17, 15) is 9.90 Å². The van der Waals surface area contributed by atoms with E-state index in [1.54, 1.807) is 7.05 Å². The van der Waals surface area contributed by atoms with E-state index in [0.29, 0.717) is 23.5 Å². The highest BCUT2D eigenvalue weighted by atomic mass is 32.1. The van der Waals surface area contributed by atoms with E-state index in [2.05, 4.69) is 10.4 Å². The molecular formula is C13H18N4O2S. The molecule has 0 radical (unpaired) electrons. The molecule has 1 atom stereocenters. The lowest BCUT2D eigenvalue weighted by Gasteiger charge is -2.11. The number of carbonyl (C=O) groups excluding carboxylic acids is 1. The number of hydrogen-bond donors (Lipinski definition) is 3. The Morgan fingerprint density at radius 3 is 2.95 bits per heavy atom. The standard InChI is InChI=1S/C13H18N4O2S/c1-3-9-11(14)12(17(2)16-9)13(19)15-6-10(18)8-4-5-20-7-8/h4-5,7,10,18H,3,6,14H2,1-2H3,(H,15,19). The summed E-state index contributed by atoms with van der Waals surface area (Å²) in [4.78, 5) is 12.1. The molecular weight excluding hydrogens is 276 g/mol. The van der Waals surface area contributed by atoms with Crippen LogP contribution in [-0.2, 0) is 13.5 Å². The maximum atomic E-state index is 12.1. The van der Waals surface area contributed by atoms with E-state index < -0.39 is 6.10 Å². The lowest BCUT2D eigenvalue weighted by atomic mass is 10.2. The van der Waals surface area contributed by atoms with Gasteiger partial charge in [-0.2, -0.15) is 16.4 Å². The van der Waals surface area contributed by atoms with Gasteiger partial charge < -0.3 is 16.2 Å². The number of nitrogen functional groups attached to an aromatic ring is 1. The molecule has 1 unspecified atom stereocenters. The van der Waals surface area contributed by atoms with Gasteiger partial charge in [-0.05, 0) is 28.8 Å². The summed E-state index contributed by atoms with van der Waals surface area (Å²) in [6.07, 6.45) is -0.0462. The minimum atomic E-state index is -0.717. The van der Waals surface area contributed by atoms with Crippen LogP contribution in [0.15, 0.2) is 16.8 Å². The minimum Gasteiger partial charge on any atom is -0.395 e. The Kier molecular flexibility index (Phi) is 4.41. The van der Waals surface area contributed by atoms with Crippen molar-refractivity contribution < 1.29 is 9.90 Å². The van der Waals surface area contributed by atoms with Gasteiger partial charge in [0.15, 0.2) is 0 Å². The Morgan fingerprint density at radius 1 is 1.65 bits per heavy atom. The molecule has 2 aromatic heterocycles. The second-order valence-corrected chi connectivity index (χ2v) is 5.25. The van der Waals surface area contributed by atoms with Crippen molar-refractivity contribution in [2.45, 2.75) is 19.4 Å². The molecule has 7 heteroatoms. The fourth-order valence-electron chi connectivity index (χ4n) is 1.98. The Morgan fingerprint density at radius 2 is 2.40 bits per heavy atom. The van der Waals surface area contributed by atoms with Gasteiger partial charge in [0.25, 0.3) is 5.91 Å². The van der Waals surface area contributed by atoms with E-state index in [0.717, 1.165) is 5.56 Å². The molecule has 0 aromatic carbocycles. The highest BCUT2D eigenvalue weighted by molar-refractivity contribution is 7.07. The van der Waals surface area contributed by atoms with Crippen LogP contribution < -0.4 is 11.1 Å². The zero-order valence-corrected chi connectivity index (χ0v) is 12.3. The quantitative estimate of drug-likeness (QED) is 0.769. The van der Waals surface area contributed by atoms with Crippen molar-refractivity contribution in [3.63, 3.8) is 0 Å². The van der Waals surface area contributed by atoms with Gasteiger partial charge in [-0.1, -0.05) is 6.92 Å². The van der Waals surface area contributed by atoms with Crippen LogP contribution in [0.5, 0.6) is 0 Å². The van der Waals surface area contributed by atoms with Crippen molar-refractivity contribution >= 4 is 22.9 Å². The summed E-state index contributed by atoms with van der Waals surface area (Å²) in [6, 6.07) is 1.83. The van der Waals surface area contributed by atoms with Gasteiger partial charge in [0.05, 0.1) is 17.5 Å². The van der Waals surface area contributed by atoms with Crippen LogP contribution in [0.2, 0.25) is 0 Å². The maximum absolute atomic E-state index is 12.1. The van der Waals surface area contributed by atoms with Gasteiger partial charge in [-0.25, -0.2) is 0 Å². The molecule has 1 amide bonds. The Hall–Kier alpha value is -1.86. The van der Waals surface area contributed by atoms with E-state index >= 15 is 0 Å². The normalized spacial score (nSPS) is 12.3. The highest BCUT2D eigenvalue weighted by Crippen LogP contribution is 2.18. The third-order valence-corrected chi connectivity index (χ3v) is 3.80. The summed E-state index contributed by atoms with van der Waals surface area (Å²) in [5.74, 6) is -0.327. The van der Waals surface area contributed by atoms with Gasteiger partial charge in [0, 0.05) is 13.6 Å². The number of amides is 1. The molecule has 20 heavy (non-hydrogen) atoms. The average Bonchev–Trinajstić information content (AvgIpc) is 3.04. The molecule has 4 N–H and O–H groups in total. The molecule has 0 aliphatic carbocycles. The number of hydrogen-bond acceptors (Lipinski definition) is 5. The molecule has 2 heterocycles. The van der Waals surface area contributed by atoms with Crippen LogP contribution in [-0.4, -0.2) is 27.3 Å². The predicted molar refractivity (Wildman–Crippen MR) is 78.6 cm³/mol. The van der Waals surface area contributed by atoms with Gasteiger partial charge in [-0.15, -0.1) is 0 Å². The SMILES string of the molecule is CCc1nn(C)c(C(=O)NCC(O)c2ccsc2)c1N. The van der Waals surface area contributed by atoms with Crippen LogP contribution in [0, 0.1) is 0 Å². The number of aliphatic hydroxyl groups is 1. The smallest absolute Gasteiger partial charge is 0.271 e. The molecule has 2 aromatic rings. The minimum absolute atomic E-state index is 0.141. The zero-order chi connectivity index (χ0) is 14.7. The van der Waals surface area contributed by atoms with Crippen molar-refractivity contribution in [2.24, 2.45) is 7.05 Å². The van der Waals surface area contributed by atoms with Crippen LogP contribution in [0.3, 0.4) is 0 Å². The zero-order valence-electron chi connectivity index (χ0n) is 11.5. The molecule has 0 bridgehead atoms. The first-order valence-electron chi connectivity index (χ1n) is 6.34. The summed E-state index contributed by atoms with van der Waals surface area (Å²) in [7, 11) is 1.68. The number of aliphatic hydroxyl groups excluding tert-OH is 1. The van der Waals surface area contributed by atoms with Crippen LogP contribution >= 0.6 is 11.3 Å². The Bertz CT molecular complexity index is 592. The number of nitrogens with one attached hydrogen (secondary N) is 1. The predicted octanol–water partition coefficient (Wildman–Crippen LogP) is 1.09. The third-order valence-electron chi connectivity index (χ3n) is 3.09. The fourth-order valence-corrected chi connectivity index (χ4v) is 2.69. The number of thiophene rings is 1. The first-order chi connectivity index (χ1) is 9.54. The molecule has 0 spiro atoms. The molecule has 0 saturated carbocycles. The average molecular weight is 294 g/mol. The molecule has 0 saturated heterocycles. The number of aryl methyl sites for hydroxylation is 2. The van der Waals surface area contributed by atoms with Crippen molar-refractivity contribution in [3.8, 4) is 0 Å². The van der Waals surface area contributed by atoms with Gasteiger partial charge in [0.2, 0.25) is 0 Å². The van der Waals surface area contributed by atoms with Gasteiger partial charge in [-0.3, -0.25) is 9.48 Å². The van der Waals surface area contributed by atoms with Crippen molar-refractivity contribution in [1.82, 2.24) is 15.1 Å². The number of aromatic nitrogens is 2. The second kappa shape index (κ2) is 6.06. The second-order valence-electron chi connectivity index (χ2n) is 4.47. The summed E-state index contributed by atoms with van der Waals surface area (Å²) in [5.41, 5.74) is 8.14. The largest absolute Gasteiger partial charge is 0.395 e. The van der Waals surface area contributed by atoms with E-state index in [1.165, 1.54) is 16.0 Å². The number of anilines is 1. The summed E-state index contributed by atoms with van der Waals surface area (Å²) < 4.78 is 1.47. The Labute approximate surface area is 121 Å². The van der Waals surface area contributed by atoms with Crippen molar-refractivity contribution in [3.05, 3.63) is 33.8 Å².